The van der Waals surface area contributed by atoms with Gasteiger partial charge in [-0.2, -0.15) is 13.2 Å². The standard InChI is InChI=1S/C20H22F3N5O.2ClH/c21-20(22,23)14-6-3-12(4-7-14)13-5-8-16-17(10-13)28-18(27-16)19(29)26-11-15(25)2-1-9-24;;/h3-8,10,15H,1-2,9,11,24-25H2,(H,26,29)(H,27,28);2*1H. The molecule has 1 amide bonds. The molecule has 3 aromatic rings. The van der Waals surface area contributed by atoms with Crippen molar-refractivity contribution in [1.29, 1.82) is 0 Å². The second-order valence-corrected chi connectivity index (χ2v) is 6.79. The lowest BCUT2D eigenvalue weighted by molar-refractivity contribution is -0.137. The first-order valence-corrected chi connectivity index (χ1v) is 9.19. The SMILES string of the molecule is Cl.Cl.NCCCC(N)CNC(=O)c1nc2cc(-c3ccc(C(F)(F)F)cc3)ccc2[nH]1. The van der Waals surface area contributed by atoms with Crippen LogP contribution in [0.15, 0.2) is 42.5 Å². The molecule has 11 heteroatoms. The monoisotopic (exact) mass is 477 g/mol. The number of alkyl halides is 3. The number of aromatic amines is 1. The summed E-state index contributed by atoms with van der Waals surface area (Å²) in [5.74, 6) is -0.226. The Hall–Kier alpha value is -2.33. The molecule has 6 nitrogen and oxygen atoms in total. The van der Waals surface area contributed by atoms with Gasteiger partial charge in [0.05, 0.1) is 16.6 Å². The number of carbonyl (C=O) groups excluding carboxylic acids is 1. The van der Waals surface area contributed by atoms with Crippen LogP contribution in [-0.2, 0) is 6.18 Å². The van der Waals surface area contributed by atoms with Crippen molar-refractivity contribution in [3.63, 3.8) is 0 Å². The molecule has 1 unspecified atom stereocenters. The molecule has 3 rings (SSSR count). The molecule has 1 atom stereocenters. The number of imidazole rings is 1. The van der Waals surface area contributed by atoms with Crippen LogP contribution in [0.3, 0.4) is 0 Å². The van der Waals surface area contributed by atoms with Crippen molar-refractivity contribution >= 4 is 41.8 Å². The molecular formula is C20H24Cl2F3N5O. The van der Waals surface area contributed by atoms with Gasteiger partial charge < -0.3 is 21.8 Å². The Morgan fingerprint density at radius 3 is 2.35 bits per heavy atom. The molecule has 0 fully saturated rings. The molecule has 31 heavy (non-hydrogen) atoms. The number of halogens is 5. The topological polar surface area (TPSA) is 110 Å². The fourth-order valence-electron chi connectivity index (χ4n) is 2.93. The van der Waals surface area contributed by atoms with E-state index in [0.29, 0.717) is 41.7 Å². The molecule has 2 aromatic carbocycles. The summed E-state index contributed by atoms with van der Waals surface area (Å²) in [5, 5.41) is 2.73. The van der Waals surface area contributed by atoms with Gasteiger partial charge in [-0.3, -0.25) is 4.79 Å². The van der Waals surface area contributed by atoms with Crippen LogP contribution in [0, 0.1) is 0 Å². The number of nitrogens with two attached hydrogens (primary N) is 2. The minimum absolute atomic E-state index is 0. The van der Waals surface area contributed by atoms with Crippen molar-refractivity contribution in [1.82, 2.24) is 15.3 Å². The van der Waals surface area contributed by atoms with E-state index in [0.717, 1.165) is 18.6 Å². The third kappa shape index (κ3) is 6.83. The summed E-state index contributed by atoms with van der Waals surface area (Å²) in [7, 11) is 0. The van der Waals surface area contributed by atoms with Gasteiger partial charge in [-0.05, 0) is 54.8 Å². The Labute approximate surface area is 189 Å². The highest BCUT2D eigenvalue weighted by atomic mass is 35.5. The number of nitrogens with zero attached hydrogens (tertiary/aromatic N) is 1. The maximum absolute atomic E-state index is 12.7. The summed E-state index contributed by atoms with van der Waals surface area (Å²) in [6.45, 7) is 0.860. The van der Waals surface area contributed by atoms with Crippen molar-refractivity contribution in [3.05, 3.63) is 53.9 Å². The Morgan fingerprint density at radius 2 is 1.74 bits per heavy atom. The van der Waals surface area contributed by atoms with Crippen molar-refractivity contribution in [2.45, 2.75) is 25.1 Å². The van der Waals surface area contributed by atoms with Gasteiger partial charge in [-0.1, -0.05) is 18.2 Å². The van der Waals surface area contributed by atoms with Crippen LogP contribution < -0.4 is 16.8 Å². The summed E-state index contributed by atoms with van der Waals surface area (Å²) in [6.07, 6.45) is -2.87. The van der Waals surface area contributed by atoms with E-state index in [1.165, 1.54) is 12.1 Å². The quantitative estimate of drug-likeness (QED) is 0.413. The second kappa shape index (κ2) is 11.3. The van der Waals surface area contributed by atoms with E-state index in [-0.39, 0.29) is 42.6 Å². The summed E-state index contributed by atoms with van der Waals surface area (Å²) < 4.78 is 38.2. The average Bonchev–Trinajstić information content (AvgIpc) is 3.13. The molecule has 1 aromatic heterocycles. The zero-order valence-corrected chi connectivity index (χ0v) is 18.0. The predicted octanol–water partition coefficient (Wildman–Crippen LogP) is 3.89. The van der Waals surface area contributed by atoms with Gasteiger partial charge in [0.25, 0.3) is 5.91 Å². The first-order chi connectivity index (χ1) is 13.8. The van der Waals surface area contributed by atoms with Gasteiger partial charge in [-0.15, -0.1) is 24.8 Å². The fourth-order valence-corrected chi connectivity index (χ4v) is 2.93. The van der Waals surface area contributed by atoms with Gasteiger partial charge in [-0.25, -0.2) is 4.98 Å². The molecule has 0 aliphatic carbocycles. The minimum atomic E-state index is -4.38. The van der Waals surface area contributed by atoms with E-state index in [1.54, 1.807) is 18.2 Å². The first kappa shape index (κ1) is 26.7. The molecular weight excluding hydrogens is 454 g/mol. The number of fused-ring (bicyclic) bond motifs is 1. The maximum Gasteiger partial charge on any atom is 0.416 e. The van der Waals surface area contributed by atoms with Gasteiger partial charge in [0.2, 0.25) is 0 Å². The molecule has 0 aliphatic heterocycles. The highest BCUT2D eigenvalue weighted by Crippen LogP contribution is 2.31. The minimum Gasteiger partial charge on any atom is -0.348 e. The average molecular weight is 478 g/mol. The number of benzene rings is 2. The molecule has 0 saturated carbocycles. The Morgan fingerprint density at radius 1 is 1.10 bits per heavy atom. The summed E-state index contributed by atoms with van der Waals surface area (Å²) in [6, 6.07) is 9.93. The number of nitrogens with one attached hydrogen (secondary N) is 2. The van der Waals surface area contributed by atoms with Crippen LogP contribution in [0.5, 0.6) is 0 Å². The van der Waals surface area contributed by atoms with Crippen molar-refractivity contribution in [3.8, 4) is 11.1 Å². The smallest absolute Gasteiger partial charge is 0.348 e. The van der Waals surface area contributed by atoms with Gasteiger partial charge >= 0.3 is 6.18 Å². The largest absolute Gasteiger partial charge is 0.416 e. The number of hydrogen-bond donors (Lipinski definition) is 4. The van der Waals surface area contributed by atoms with E-state index in [1.807, 2.05) is 0 Å². The normalized spacial score (nSPS) is 12.0. The lowest BCUT2D eigenvalue weighted by Gasteiger charge is -2.11. The summed E-state index contributed by atoms with van der Waals surface area (Å²) in [5.41, 5.74) is 13.2. The van der Waals surface area contributed by atoms with Gasteiger partial charge in [0.1, 0.15) is 0 Å². The first-order valence-electron chi connectivity index (χ1n) is 9.19. The Balaban J connectivity index is 0.00000240. The summed E-state index contributed by atoms with van der Waals surface area (Å²) in [4.78, 5) is 19.5. The van der Waals surface area contributed by atoms with E-state index >= 15 is 0 Å². The highest BCUT2D eigenvalue weighted by molar-refractivity contribution is 5.95. The van der Waals surface area contributed by atoms with Crippen LogP contribution in [0.4, 0.5) is 13.2 Å². The third-order valence-corrected chi connectivity index (χ3v) is 4.55. The zero-order valence-electron chi connectivity index (χ0n) is 16.4. The number of aromatic nitrogens is 2. The third-order valence-electron chi connectivity index (χ3n) is 4.55. The number of H-pyrrole nitrogens is 1. The molecule has 0 aliphatic rings. The fraction of sp³-hybridized carbons (Fsp3) is 0.300. The van der Waals surface area contributed by atoms with Crippen LogP contribution in [0.25, 0.3) is 22.2 Å². The number of rotatable bonds is 7. The number of carbonyl (C=O) groups is 1. The van der Waals surface area contributed by atoms with Crippen LogP contribution in [0.1, 0.15) is 29.0 Å². The molecule has 0 saturated heterocycles. The van der Waals surface area contributed by atoms with Crippen LogP contribution in [-0.4, -0.2) is 35.0 Å². The molecule has 170 valence electrons. The Kier molecular flexibility index (Phi) is 9.76. The molecule has 0 bridgehead atoms. The maximum atomic E-state index is 12.7. The van der Waals surface area contributed by atoms with Gasteiger partial charge in [0, 0.05) is 12.6 Å². The van der Waals surface area contributed by atoms with E-state index in [4.69, 9.17) is 11.5 Å². The number of hydrogen-bond acceptors (Lipinski definition) is 4. The molecule has 0 spiro atoms. The van der Waals surface area contributed by atoms with Crippen molar-refractivity contribution in [2.75, 3.05) is 13.1 Å². The molecule has 1 heterocycles. The second-order valence-electron chi connectivity index (χ2n) is 6.79. The van der Waals surface area contributed by atoms with E-state index in [9.17, 15) is 18.0 Å². The zero-order chi connectivity index (χ0) is 21.0. The highest BCUT2D eigenvalue weighted by Gasteiger charge is 2.30. The van der Waals surface area contributed by atoms with E-state index in [2.05, 4.69) is 15.3 Å². The number of amides is 1. The lowest BCUT2D eigenvalue weighted by atomic mass is 10.0. The summed E-state index contributed by atoms with van der Waals surface area (Å²) >= 11 is 0. The predicted molar refractivity (Wildman–Crippen MR) is 120 cm³/mol. The Bertz CT molecular complexity index is 993. The van der Waals surface area contributed by atoms with Crippen LogP contribution >= 0.6 is 24.8 Å². The van der Waals surface area contributed by atoms with Crippen LogP contribution in [0.2, 0.25) is 0 Å². The molecule has 0 radical (unpaired) electrons. The molecule has 6 N–H and O–H groups in total. The van der Waals surface area contributed by atoms with Crippen molar-refractivity contribution in [2.24, 2.45) is 11.5 Å². The lowest BCUT2D eigenvalue weighted by Crippen LogP contribution is -2.37. The van der Waals surface area contributed by atoms with Gasteiger partial charge in [0.15, 0.2) is 5.82 Å². The van der Waals surface area contributed by atoms with Crippen molar-refractivity contribution < 1.29 is 18.0 Å². The van der Waals surface area contributed by atoms with E-state index < -0.39 is 11.7 Å².